The van der Waals surface area contributed by atoms with Gasteiger partial charge >= 0.3 is 0 Å². The maximum absolute atomic E-state index is 12.5. The van der Waals surface area contributed by atoms with E-state index in [4.69, 9.17) is 0 Å². The van der Waals surface area contributed by atoms with Crippen LogP contribution in [0.5, 0.6) is 0 Å². The Bertz CT molecular complexity index is 1210. The van der Waals surface area contributed by atoms with Crippen molar-refractivity contribution in [1.29, 1.82) is 0 Å². The van der Waals surface area contributed by atoms with Gasteiger partial charge in [0.2, 0.25) is 0 Å². The Morgan fingerprint density at radius 2 is 1.78 bits per heavy atom. The Morgan fingerprint density at radius 3 is 2.57 bits per heavy atom. The minimum absolute atomic E-state index is 0.279. The first kappa shape index (κ1) is 13.9. The van der Waals surface area contributed by atoms with E-state index in [1.807, 2.05) is 30.3 Å². The highest BCUT2D eigenvalue weighted by Crippen LogP contribution is 2.11. The number of nitrogens with one attached hydrogen (secondary N) is 1. The fraction of sp³-hybridized carbons (Fsp3) is 0. The van der Waals surface area contributed by atoms with Crippen LogP contribution in [0.4, 0.5) is 0 Å². The van der Waals surface area contributed by atoms with Crippen LogP contribution in [0, 0.1) is 0 Å². The first-order valence-electron chi connectivity index (χ1n) is 6.94. The van der Waals surface area contributed by atoms with Crippen molar-refractivity contribution < 1.29 is 0 Å². The predicted molar refractivity (Wildman–Crippen MR) is 92.5 cm³/mol. The van der Waals surface area contributed by atoms with Crippen LogP contribution in [0.2, 0.25) is 0 Å². The number of hydrogen-bond donors (Lipinski definition) is 1. The summed E-state index contributed by atoms with van der Waals surface area (Å²) in [4.78, 5) is 29.2. The molecule has 0 spiro atoms. The number of fused-ring (bicyclic) bond motifs is 2. The Balaban J connectivity index is 2.12. The third-order valence-corrected chi connectivity index (χ3v) is 4.18. The van der Waals surface area contributed by atoms with Crippen LogP contribution in [-0.2, 0) is 0 Å². The standard InChI is InChI=1S/C17H10BrN3O2/c18-11-7-5-10(6-8-11)9-13-15-19-14-4-2-1-3-12(14)17(23)21(15)20-16(13)22/h1-9H,(H,20,22)/b13-9-. The normalized spacial score (nSPS) is 12.3. The molecule has 4 aromatic rings. The van der Waals surface area contributed by atoms with Crippen molar-refractivity contribution in [3.05, 3.63) is 84.5 Å². The fourth-order valence-corrected chi connectivity index (χ4v) is 2.80. The molecule has 0 aliphatic rings. The molecule has 2 heterocycles. The third-order valence-electron chi connectivity index (χ3n) is 3.66. The summed E-state index contributed by atoms with van der Waals surface area (Å²) in [6, 6.07) is 14.6. The predicted octanol–water partition coefficient (Wildman–Crippen LogP) is 1.85. The second-order valence-electron chi connectivity index (χ2n) is 5.14. The van der Waals surface area contributed by atoms with Gasteiger partial charge in [-0.1, -0.05) is 40.2 Å². The van der Waals surface area contributed by atoms with E-state index in [9.17, 15) is 9.59 Å². The molecule has 0 aliphatic heterocycles. The molecular formula is C17H10BrN3O2. The maximum Gasteiger partial charge on any atom is 0.280 e. The lowest BCUT2D eigenvalue weighted by Crippen LogP contribution is -2.21. The number of aromatic amines is 1. The fourth-order valence-electron chi connectivity index (χ4n) is 2.54. The quantitative estimate of drug-likeness (QED) is 0.558. The summed E-state index contributed by atoms with van der Waals surface area (Å²) in [7, 11) is 0. The number of rotatable bonds is 1. The number of halogens is 1. The lowest BCUT2D eigenvalue weighted by Gasteiger charge is -1.97. The van der Waals surface area contributed by atoms with Gasteiger partial charge in [0.1, 0.15) is 0 Å². The number of benzene rings is 2. The molecule has 0 bridgehead atoms. The van der Waals surface area contributed by atoms with E-state index in [1.165, 1.54) is 4.52 Å². The van der Waals surface area contributed by atoms with Gasteiger partial charge in [-0.15, -0.1) is 0 Å². The summed E-state index contributed by atoms with van der Waals surface area (Å²) < 4.78 is 2.16. The Kier molecular flexibility index (Phi) is 3.12. The van der Waals surface area contributed by atoms with Crippen LogP contribution in [0.1, 0.15) is 5.56 Å². The molecule has 0 fully saturated rings. The SMILES string of the molecule is O=c1[nH]n2c(=O)c3ccccc3nc2/c1=C/c1ccc(Br)cc1. The van der Waals surface area contributed by atoms with Crippen molar-refractivity contribution in [2.75, 3.05) is 0 Å². The monoisotopic (exact) mass is 367 g/mol. The molecule has 0 amide bonds. The Morgan fingerprint density at radius 1 is 1.04 bits per heavy atom. The molecule has 4 rings (SSSR count). The Hall–Kier alpha value is -2.73. The largest absolute Gasteiger partial charge is 0.280 e. The lowest BCUT2D eigenvalue weighted by molar-refractivity contribution is 0.897. The molecule has 23 heavy (non-hydrogen) atoms. The zero-order chi connectivity index (χ0) is 16.0. The van der Waals surface area contributed by atoms with Crippen molar-refractivity contribution in [2.24, 2.45) is 0 Å². The summed E-state index contributed by atoms with van der Waals surface area (Å²) in [6.07, 6.45) is 1.72. The molecule has 6 heteroatoms. The van der Waals surface area contributed by atoms with Crippen LogP contribution in [0.15, 0.2) is 62.6 Å². The Labute approximate surface area is 138 Å². The molecular weight excluding hydrogens is 358 g/mol. The number of hydrogen-bond acceptors (Lipinski definition) is 3. The van der Waals surface area contributed by atoms with Crippen LogP contribution in [-0.4, -0.2) is 14.6 Å². The summed E-state index contributed by atoms with van der Waals surface area (Å²) in [5, 5.41) is 3.41. The number of nitrogens with zero attached hydrogens (tertiary/aromatic N) is 2. The van der Waals surface area contributed by atoms with E-state index in [-0.39, 0.29) is 11.1 Å². The van der Waals surface area contributed by atoms with Crippen LogP contribution < -0.4 is 16.3 Å². The summed E-state index contributed by atoms with van der Waals surface area (Å²) >= 11 is 3.37. The molecule has 5 nitrogen and oxygen atoms in total. The molecule has 0 unspecified atom stereocenters. The van der Waals surface area contributed by atoms with Crippen molar-refractivity contribution in [3.8, 4) is 0 Å². The maximum atomic E-state index is 12.5. The van der Waals surface area contributed by atoms with Crippen molar-refractivity contribution in [3.63, 3.8) is 0 Å². The molecule has 0 radical (unpaired) electrons. The van der Waals surface area contributed by atoms with Crippen LogP contribution in [0.3, 0.4) is 0 Å². The van der Waals surface area contributed by atoms with Gasteiger partial charge in [0.15, 0.2) is 5.65 Å². The van der Waals surface area contributed by atoms with Gasteiger partial charge in [-0.25, -0.2) is 4.98 Å². The third kappa shape index (κ3) is 2.27. The van der Waals surface area contributed by atoms with E-state index in [1.54, 1.807) is 24.3 Å². The van der Waals surface area contributed by atoms with Gasteiger partial charge in [-0.3, -0.25) is 14.7 Å². The lowest BCUT2D eigenvalue weighted by atomic mass is 10.2. The molecule has 2 aromatic heterocycles. The van der Waals surface area contributed by atoms with Gasteiger partial charge in [0, 0.05) is 4.47 Å². The highest BCUT2D eigenvalue weighted by molar-refractivity contribution is 9.10. The summed E-state index contributed by atoms with van der Waals surface area (Å²) in [5.41, 5.74) is 1.14. The zero-order valence-electron chi connectivity index (χ0n) is 11.8. The smallest absolute Gasteiger partial charge is 0.267 e. The van der Waals surface area contributed by atoms with Gasteiger partial charge < -0.3 is 0 Å². The van der Waals surface area contributed by atoms with Gasteiger partial charge in [-0.05, 0) is 35.9 Å². The van der Waals surface area contributed by atoms with E-state index in [2.05, 4.69) is 26.0 Å². The topological polar surface area (TPSA) is 67.2 Å². The highest BCUT2D eigenvalue weighted by Gasteiger charge is 2.10. The molecule has 0 saturated heterocycles. The van der Waals surface area contributed by atoms with Crippen molar-refractivity contribution >= 4 is 38.6 Å². The van der Waals surface area contributed by atoms with E-state index in [0.29, 0.717) is 21.8 Å². The number of para-hydroxylation sites is 1. The number of aromatic nitrogens is 3. The first-order chi connectivity index (χ1) is 11.1. The number of H-pyrrole nitrogens is 1. The second kappa shape index (κ2) is 5.17. The molecule has 0 atom stereocenters. The molecule has 1 N–H and O–H groups in total. The molecule has 2 aromatic carbocycles. The zero-order valence-corrected chi connectivity index (χ0v) is 13.4. The minimum Gasteiger partial charge on any atom is -0.267 e. The van der Waals surface area contributed by atoms with E-state index < -0.39 is 0 Å². The van der Waals surface area contributed by atoms with Crippen LogP contribution in [0.25, 0.3) is 22.6 Å². The minimum atomic E-state index is -0.340. The van der Waals surface area contributed by atoms with Gasteiger partial charge in [-0.2, -0.15) is 4.52 Å². The molecule has 112 valence electrons. The average Bonchev–Trinajstić information content (AvgIpc) is 2.87. The van der Waals surface area contributed by atoms with Gasteiger partial charge in [0.25, 0.3) is 11.1 Å². The summed E-state index contributed by atoms with van der Waals surface area (Å²) in [5.74, 6) is 0. The van der Waals surface area contributed by atoms with Gasteiger partial charge in [0.05, 0.1) is 16.1 Å². The van der Waals surface area contributed by atoms with Crippen molar-refractivity contribution in [2.45, 2.75) is 0 Å². The second-order valence-corrected chi connectivity index (χ2v) is 6.06. The average molecular weight is 368 g/mol. The first-order valence-corrected chi connectivity index (χ1v) is 7.73. The summed E-state index contributed by atoms with van der Waals surface area (Å²) in [6.45, 7) is 0. The molecule has 0 aliphatic carbocycles. The van der Waals surface area contributed by atoms with E-state index in [0.717, 1.165) is 10.0 Å². The van der Waals surface area contributed by atoms with Crippen LogP contribution >= 0.6 is 15.9 Å². The van der Waals surface area contributed by atoms with E-state index >= 15 is 0 Å². The molecule has 0 saturated carbocycles. The van der Waals surface area contributed by atoms with Crippen molar-refractivity contribution in [1.82, 2.24) is 14.6 Å². The highest BCUT2D eigenvalue weighted by atomic mass is 79.9.